The minimum Gasteiger partial charge on any atom is 0 e. The standard InChI is InChI=1S/C14H15Cl2P.Pd/c1-11-7-3-5-9-13(11)17(15,16)14-10-6-4-8-12(14)2;/h3-10,17H,1-2H3;. The molecule has 0 unspecified atom stereocenters. The first-order valence-corrected chi connectivity index (χ1v) is 9.56. The zero-order chi connectivity index (χ0) is 12.5. The number of benzene rings is 2. The molecule has 0 nitrogen and oxygen atoms in total. The quantitative estimate of drug-likeness (QED) is 0.529. The van der Waals surface area contributed by atoms with Gasteiger partial charge in [0.2, 0.25) is 0 Å². The molecule has 4 heteroatoms. The first-order valence-electron chi connectivity index (χ1n) is 5.53. The van der Waals surface area contributed by atoms with Crippen molar-refractivity contribution < 1.29 is 20.4 Å². The van der Waals surface area contributed by atoms with Crippen LogP contribution in [0.5, 0.6) is 0 Å². The van der Waals surface area contributed by atoms with Crippen LogP contribution in [0.4, 0.5) is 0 Å². The van der Waals surface area contributed by atoms with Gasteiger partial charge in [-0.2, -0.15) is 0 Å². The van der Waals surface area contributed by atoms with Crippen LogP contribution in [0.15, 0.2) is 48.5 Å². The van der Waals surface area contributed by atoms with E-state index in [1.807, 2.05) is 36.4 Å². The molecule has 0 saturated carbocycles. The van der Waals surface area contributed by atoms with Crippen molar-refractivity contribution in [1.29, 1.82) is 0 Å². The number of halogens is 2. The van der Waals surface area contributed by atoms with Gasteiger partial charge in [0.25, 0.3) is 0 Å². The van der Waals surface area contributed by atoms with E-state index >= 15 is 0 Å². The van der Waals surface area contributed by atoms with Gasteiger partial charge in [0, 0.05) is 20.4 Å². The van der Waals surface area contributed by atoms with Crippen molar-refractivity contribution >= 4 is 39.1 Å². The molecule has 100 valence electrons. The molecule has 0 spiro atoms. The Hall–Kier alpha value is 0.112. The number of hydrogen-bond acceptors (Lipinski definition) is 0. The van der Waals surface area contributed by atoms with Gasteiger partial charge in [-0.05, 0) is 0 Å². The van der Waals surface area contributed by atoms with Gasteiger partial charge in [0.05, 0.1) is 0 Å². The minimum atomic E-state index is -2.60. The molecular formula is C14H15Cl2PPd. The van der Waals surface area contributed by atoms with Crippen molar-refractivity contribution in [2.75, 3.05) is 0 Å². The zero-order valence-corrected chi connectivity index (χ0v) is 14.3. The van der Waals surface area contributed by atoms with E-state index in [1.54, 1.807) is 0 Å². The van der Waals surface area contributed by atoms with Gasteiger partial charge in [-0.3, -0.25) is 0 Å². The van der Waals surface area contributed by atoms with Gasteiger partial charge in [-0.25, -0.2) is 0 Å². The molecular weight excluding hydrogens is 376 g/mol. The molecule has 0 radical (unpaired) electrons. The van der Waals surface area contributed by atoms with Crippen molar-refractivity contribution in [2.24, 2.45) is 0 Å². The van der Waals surface area contributed by atoms with Crippen LogP contribution >= 0.6 is 28.4 Å². The predicted octanol–water partition coefficient (Wildman–Crippen LogP) is 4.31. The second-order valence-electron chi connectivity index (χ2n) is 4.20. The third-order valence-electron chi connectivity index (χ3n) is 2.97. The number of rotatable bonds is 2. The fourth-order valence-electron chi connectivity index (χ4n) is 2.00. The second kappa shape index (κ2) is 6.52. The van der Waals surface area contributed by atoms with E-state index in [1.165, 1.54) is 0 Å². The fraction of sp³-hybridized carbons (Fsp3) is 0.143. The normalized spacial score (nSPS) is 11.8. The average molecular weight is 392 g/mol. The monoisotopic (exact) mass is 390 g/mol. The molecule has 0 aliphatic heterocycles. The van der Waals surface area contributed by atoms with Crippen molar-refractivity contribution in [3.63, 3.8) is 0 Å². The maximum atomic E-state index is 6.70. The largest absolute Gasteiger partial charge is 0 e. The summed E-state index contributed by atoms with van der Waals surface area (Å²) < 4.78 is 0. The molecule has 0 bridgehead atoms. The van der Waals surface area contributed by atoms with Crippen molar-refractivity contribution in [3.05, 3.63) is 59.7 Å². The van der Waals surface area contributed by atoms with Crippen LogP contribution in [0.25, 0.3) is 0 Å². The number of hydrogen-bond donors (Lipinski definition) is 0. The molecule has 0 amide bonds. The van der Waals surface area contributed by atoms with Crippen LogP contribution in [0.1, 0.15) is 11.1 Å². The smallest absolute Gasteiger partial charge is 0 e. The Kier molecular flexibility index (Phi) is 5.85. The summed E-state index contributed by atoms with van der Waals surface area (Å²) in [7, 11) is 0. The van der Waals surface area contributed by atoms with Crippen LogP contribution in [0.3, 0.4) is 0 Å². The second-order valence-corrected chi connectivity index (χ2v) is 10.4. The summed E-state index contributed by atoms with van der Waals surface area (Å²) in [6.45, 7) is 4.11. The Bertz CT molecular complexity index is 493. The maximum absolute atomic E-state index is 6.70. The summed E-state index contributed by atoms with van der Waals surface area (Å²) in [6.07, 6.45) is 0. The molecule has 0 atom stereocenters. The summed E-state index contributed by atoms with van der Waals surface area (Å²) in [5, 5.41) is 2.16. The Morgan fingerprint density at radius 3 is 1.39 bits per heavy atom. The summed E-state index contributed by atoms with van der Waals surface area (Å²) in [5.74, 6) is -2.60. The van der Waals surface area contributed by atoms with Crippen molar-refractivity contribution in [2.45, 2.75) is 13.8 Å². The van der Waals surface area contributed by atoms with E-state index in [-0.39, 0.29) is 20.4 Å². The topological polar surface area (TPSA) is 0 Å². The summed E-state index contributed by atoms with van der Waals surface area (Å²) >= 11 is 13.4. The van der Waals surface area contributed by atoms with Crippen LogP contribution in [-0.4, -0.2) is 0 Å². The third kappa shape index (κ3) is 3.16. The summed E-state index contributed by atoms with van der Waals surface area (Å²) in [5.41, 5.74) is 2.32. The molecule has 2 rings (SSSR count). The summed E-state index contributed by atoms with van der Waals surface area (Å²) in [6, 6.07) is 16.2. The Balaban J connectivity index is 0.00000162. The molecule has 0 N–H and O–H groups in total. The predicted molar refractivity (Wildman–Crippen MR) is 81.6 cm³/mol. The minimum absolute atomic E-state index is 0. The average Bonchev–Trinajstić information content (AvgIpc) is 2.29. The van der Waals surface area contributed by atoms with E-state index in [4.69, 9.17) is 22.5 Å². The van der Waals surface area contributed by atoms with E-state index in [9.17, 15) is 0 Å². The van der Waals surface area contributed by atoms with Crippen LogP contribution in [-0.2, 0) is 20.4 Å². The third-order valence-corrected chi connectivity index (χ3v) is 7.88. The molecule has 0 heterocycles. The molecule has 18 heavy (non-hydrogen) atoms. The van der Waals surface area contributed by atoms with Crippen LogP contribution in [0, 0.1) is 13.8 Å². The fourth-order valence-corrected chi connectivity index (χ4v) is 6.60. The molecule has 2 aromatic rings. The van der Waals surface area contributed by atoms with Crippen molar-refractivity contribution in [3.8, 4) is 0 Å². The molecule has 2 aromatic carbocycles. The van der Waals surface area contributed by atoms with Crippen LogP contribution < -0.4 is 10.6 Å². The van der Waals surface area contributed by atoms with Gasteiger partial charge in [0.1, 0.15) is 0 Å². The summed E-state index contributed by atoms with van der Waals surface area (Å²) in [4.78, 5) is 0. The Morgan fingerprint density at radius 1 is 0.722 bits per heavy atom. The molecule has 0 aliphatic rings. The van der Waals surface area contributed by atoms with Gasteiger partial charge < -0.3 is 0 Å². The van der Waals surface area contributed by atoms with E-state index < -0.39 is 5.97 Å². The van der Waals surface area contributed by atoms with Gasteiger partial charge >= 0.3 is 113 Å². The molecule has 0 saturated heterocycles. The van der Waals surface area contributed by atoms with Gasteiger partial charge in [-0.1, -0.05) is 0 Å². The number of aryl methyl sites for hydroxylation is 2. The molecule has 0 aromatic heterocycles. The first kappa shape index (κ1) is 16.2. The van der Waals surface area contributed by atoms with Crippen molar-refractivity contribution in [1.82, 2.24) is 0 Å². The van der Waals surface area contributed by atoms with Crippen LogP contribution in [0.2, 0.25) is 0 Å². The van der Waals surface area contributed by atoms with E-state index in [0.29, 0.717) is 0 Å². The zero-order valence-electron chi connectivity index (χ0n) is 10.2. The maximum Gasteiger partial charge on any atom is 0 e. The van der Waals surface area contributed by atoms with E-state index in [0.717, 1.165) is 21.7 Å². The molecule has 0 fully saturated rings. The SMILES string of the molecule is Cc1ccccc1[PH](Cl)(Cl)c1ccccc1C.[Pd]. The van der Waals surface area contributed by atoms with Gasteiger partial charge in [0.15, 0.2) is 0 Å². The Labute approximate surface area is 132 Å². The van der Waals surface area contributed by atoms with Gasteiger partial charge in [-0.15, -0.1) is 0 Å². The Morgan fingerprint density at radius 2 is 1.06 bits per heavy atom. The first-order chi connectivity index (χ1) is 8.03. The molecule has 0 aliphatic carbocycles. The van der Waals surface area contributed by atoms with E-state index in [2.05, 4.69) is 26.0 Å².